The lowest BCUT2D eigenvalue weighted by Gasteiger charge is -2.39. The molecular weight excluding hydrogens is 736 g/mol. The second-order valence-corrected chi connectivity index (χ2v) is 15.5. The van der Waals surface area contributed by atoms with Gasteiger partial charge in [-0.25, -0.2) is 0 Å². The number of benzene rings is 1. The standard InChI is InChI=1S/C40H47ClN10O5/c41-33-22-32(6-1-27(33)23-42)56-31-7-3-28(4-8-31)44-40(55)35-9-11-36(48-47-35)51-15-13-26(14-16-51)25-49-17-19-50(20-18-49)30-5-2-29(43-24-30)21-38(53)45-34-10-12-37(52)46-39(34)54/h1-2,5-6,9,11,22,24,26,28,31,34H,3-4,7-8,10,12-21,25H2,(H,44,55)(H,45,53)(H,46,52,54)/t28-,31-,34?. The summed E-state index contributed by atoms with van der Waals surface area (Å²) in [6.07, 6.45) is 7.75. The van der Waals surface area contributed by atoms with E-state index in [0.29, 0.717) is 40.1 Å². The lowest BCUT2D eigenvalue weighted by Crippen LogP contribution is -2.52. The van der Waals surface area contributed by atoms with Gasteiger partial charge in [0.15, 0.2) is 11.5 Å². The Hall–Kier alpha value is -5.33. The van der Waals surface area contributed by atoms with Crippen molar-refractivity contribution in [2.45, 2.75) is 76.0 Å². The largest absolute Gasteiger partial charge is 0.490 e. The van der Waals surface area contributed by atoms with Gasteiger partial charge in [-0.1, -0.05) is 11.6 Å². The minimum absolute atomic E-state index is 0.0282. The van der Waals surface area contributed by atoms with Gasteiger partial charge in [0.1, 0.15) is 17.9 Å². The highest BCUT2D eigenvalue weighted by atomic mass is 35.5. The van der Waals surface area contributed by atoms with Crippen molar-refractivity contribution in [2.24, 2.45) is 5.92 Å². The number of halogens is 1. The number of ether oxygens (including phenoxy) is 1. The Bertz CT molecular complexity index is 1920. The maximum Gasteiger partial charge on any atom is 0.272 e. The topological polar surface area (TPSA) is 186 Å². The minimum atomic E-state index is -0.688. The second kappa shape index (κ2) is 18.1. The molecule has 15 nitrogen and oxygen atoms in total. The van der Waals surface area contributed by atoms with Crippen molar-refractivity contribution < 1.29 is 23.9 Å². The van der Waals surface area contributed by atoms with Crippen LogP contribution in [-0.4, -0.2) is 108 Å². The first-order valence-corrected chi connectivity index (χ1v) is 19.9. The van der Waals surface area contributed by atoms with E-state index >= 15 is 0 Å². The number of pyridine rings is 1. The molecule has 4 aliphatic rings. The zero-order chi connectivity index (χ0) is 39.0. The van der Waals surface area contributed by atoms with Crippen LogP contribution >= 0.6 is 11.6 Å². The van der Waals surface area contributed by atoms with E-state index in [1.165, 1.54) is 0 Å². The number of aromatic nitrogens is 3. The summed E-state index contributed by atoms with van der Waals surface area (Å²) in [5.41, 5.74) is 2.39. The van der Waals surface area contributed by atoms with Gasteiger partial charge in [0.25, 0.3) is 5.91 Å². The third-order valence-electron chi connectivity index (χ3n) is 11.2. The lowest BCUT2D eigenvalue weighted by molar-refractivity contribution is -0.137. The normalized spacial score (nSPS) is 22.2. The van der Waals surface area contributed by atoms with E-state index in [1.54, 1.807) is 24.3 Å². The molecular formula is C40H47ClN10O5. The number of nitrogens with one attached hydrogen (secondary N) is 3. The number of rotatable bonds is 11. The van der Waals surface area contributed by atoms with E-state index in [-0.39, 0.29) is 42.7 Å². The fraction of sp³-hybridized carbons (Fsp3) is 0.500. The van der Waals surface area contributed by atoms with E-state index in [9.17, 15) is 19.2 Å². The van der Waals surface area contributed by atoms with Crippen LogP contribution < -0.4 is 30.5 Å². The molecule has 3 aliphatic heterocycles. The van der Waals surface area contributed by atoms with E-state index in [1.807, 2.05) is 24.4 Å². The van der Waals surface area contributed by atoms with Crippen molar-refractivity contribution in [3.8, 4) is 11.8 Å². The van der Waals surface area contributed by atoms with Gasteiger partial charge < -0.3 is 25.2 Å². The van der Waals surface area contributed by atoms with Crippen LogP contribution in [0.5, 0.6) is 5.75 Å². The summed E-state index contributed by atoms with van der Waals surface area (Å²) in [4.78, 5) is 60.3. The minimum Gasteiger partial charge on any atom is -0.490 e. The van der Waals surface area contributed by atoms with Crippen molar-refractivity contribution in [2.75, 3.05) is 55.6 Å². The Morgan fingerprint density at radius 2 is 1.68 bits per heavy atom. The molecule has 3 saturated heterocycles. The molecule has 0 radical (unpaired) electrons. The van der Waals surface area contributed by atoms with Crippen LogP contribution in [0, 0.1) is 17.2 Å². The van der Waals surface area contributed by atoms with Crippen LogP contribution in [0.1, 0.15) is 73.1 Å². The first-order valence-electron chi connectivity index (χ1n) is 19.5. The highest BCUT2D eigenvalue weighted by Crippen LogP contribution is 2.28. The molecule has 294 valence electrons. The molecule has 5 heterocycles. The lowest BCUT2D eigenvalue weighted by atomic mass is 9.93. The van der Waals surface area contributed by atoms with Gasteiger partial charge in [-0.05, 0) is 87.3 Å². The molecule has 4 amide bonds. The summed E-state index contributed by atoms with van der Waals surface area (Å²) in [5, 5.41) is 26.2. The van der Waals surface area contributed by atoms with Gasteiger partial charge in [0.2, 0.25) is 17.7 Å². The molecule has 56 heavy (non-hydrogen) atoms. The third kappa shape index (κ3) is 10.1. The van der Waals surface area contributed by atoms with E-state index in [0.717, 1.165) is 95.8 Å². The van der Waals surface area contributed by atoms with Crippen LogP contribution in [0.25, 0.3) is 0 Å². The Morgan fingerprint density at radius 1 is 0.893 bits per heavy atom. The molecule has 4 fully saturated rings. The molecule has 2 aromatic heterocycles. The smallest absolute Gasteiger partial charge is 0.272 e. The van der Waals surface area contributed by atoms with Gasteiger partial charge in [0, 0.05) is 70.0 Å². The molecule has 16 heteroatoms. The van der Waals surface area contributed by atoms with E-state index < -0.39 is 11.9 Å². The number of hydrogen-bond donors (Lipinski definition) is 3. The average Bonchev–Trinajstić information content (AvgIpc) is 3.21. The average molecular weight is 783 g/mol. The first-order chi connectivity index (χ1) is 27.2. The number of imide groups is 1. The SMILES string of the molecule is N#Cc1ccc(O[C@H]2CC[C@H](NC(=O)c3ccc(N4CCC(CN5CCN(c6ccc(CC(=O)NC7CCC(=O)NC7=O)nc6)CC5)CC4)nn3)CC2)cc1Cl. The number of anilines is 2. The first kappa shape index (κ1) is 38.9. The molecule has 1 aliphatic carbocycles. The number of amides is 4. The highest BCUT2D eigenvalue weighted by molar-refractivity contribution is 6.31. The summed E-state index contributed by atoms with van der Waals surface area (Å²) < 4.78 is 6.08. The number of piperazine rings is 1. The number of nitriles is 1. The highest BCUT2D eigenvalue weighted by Gasteiger charge is 2.29. The molecule has 3 aromatic rings. The van der Waals surface area contributed by atoms with Crippen molar-refractivity contribution >= 4 is 46.7 Å². The van der Waals surface area contributed by atoms with Crippen molar-refractivity contribution in [1.82, 2.24) is 36.0 Å². The Kier molecular flexibility index (Phi) is 12.6. The molecule has 7 rings (SSSR count). The van der Waals surface area contributed by atoms with Crippen LogP contribution in [-0.2, 0) is 20.8 Å². The molecule has 1 atom stereocenters. The second-order valence-electron chi connectivity index (χ2n) is 15.1. The van der Waals surface area contributed by atoms with Crippen molar-refractivity contribution in [3.63, 3.8) is 0 Å². The maximum atomic E-state index is 13.0. The zero-order valence-corrected chi connectivity index (χ0v) is 32.0. The Labute approximate surface area is 331 Å². The monoisotopic (exact) mass is 782 g/mol. The molecule has 1 aromatic carbocycles. The van der Waals surface area contributed by atoms with Gasteiger partial charge in [-0.3, -0.25) is 34.4 Å². The van der Waals surface area contributed by atoms with Crippen LogP contribution in [0.3, 0.4) is 0 Å². The maximum absolute atomic E-state index is 13.0. The summed E-state index contributed by atoms with van der Waals surface area (Å²) in [6.45, 7) is 6.59. The summed E-state index contributed by atoms with van der Waals surface area (Å²) in [5.74, 6) is 0.758. The van der Waals surface area contributed by atoms with E-state index in [4.69, 9.17) is 21.6 Å². The van der Waals surface area contributed by atoms with E-state index in [2.05, 4.69) is 51.9 Å². The predicted molar refractivity (Wildman–Crippen MR) is 208 cm³/mol. The van der Waals surface area contributed by atoms with Gasteiger partial charge >= 0.3 is 0 Å². The summed E-state index contributed by atoms with van der Waals surface area (Å²) in [6, 6.07) is 14.0. The Balaban J connectivity index is 0.779. The van der Waals surface area contributed by atoms with Gasteiger partial charge in [-0.2, -0.15) is 5.26 Å². The predicted octanol–water partition coefficient (Wildman–Crippen LogP) is 3.02. The molecule has 0 spiro atoms. The number of carbonyl (C=O) groups excluding carboxylic acids is 4. The van der Waals surface area contributed by atoms with Crippen LogP contribution in [0.15, 0.2) is 48.7 Å². The Morgan fingerprint density at radius 3 is 2.34 bits per heavy atom. The molecule has 0 bridgehead atoms. The number of hydrogen-bond acceptors (Lipinski definition) is 12. The van der Waals surface area contributed by atoms with Crippen LogP contribution in [0.4, 0.5) is 11.5 Å². The van der Waals surface area contributed by atoms with Crippen LogP contribution in [0.2, 0.25) is 5.02 Å². The molecule has 1 unspecified atom stereocenters. The number of nitrogens with zero attached hydrogens (tertiary/aromatic N) is 7. The third-order valence-corrected chi connectivity index (χ3v) is 11.5. The van der Waals surface area contributed by atoms with Crippen molar-refractivity contribution in [1.29, 1.82) is 5.26 Å². The quantitative estimate of drug-likeness (QED) is 0.242. The summed E-state index contributed by atoms with van der Waals surface area (Å²) >= 11 is 6.14. The zero-order valence-electron chi connectivity index (χ0n) is 31.3. The fourth-order valence-electron chi connectivity index (χ4n) is 7.90. The molecule has 1 saturated carbocycles. The van der Waals surface area contributed by atoms with Crippen molar-refractivity contribution in [3.05, 3.63) is 70.6 Å². The fourth-order valence-corrected chi connectivity index (χ4v) is 8.11. The molecule has 3 N–H and O–H groups in total. The summed E-state index contributed by atoms with van der Waals surface area (Å²) in [7, 11) is 0. The van der Waals surface area contributed by atoms with Gasteiger partial charge in [0.05, 0.1) is 35.0 Å². The van der Waals surface area contributed by atoms with Gasteiger partial charge in [-0.15, -0.1) is 10.2 Å². The number of carbonyl (C=O) groups is 4. The number of piperidine rings is 2.